The minimum absolute atomic E-state index is 0.101. The Morgan fingerprint density at radius 3 is 1.66 bits per heavy atom. The summed E-state index contributed by atoms with van der Waals surface area (Å²) in [7, 11) is 6.40. The molecule has 4 heteroatoms. The van der Waals surface area contributed by atoms with Crippen LogP contribution in [0.2, 0.25) is 0 Å². The van der Waals surface area contributed by atoms with Gasteiger partial charge in [-0.05, 0) is 6.92 Å². The summed E-state index contributed by atoms with van der Waals surface area (Å²) >= 11 is 1.90. The number of benzene rings is 5. The Balaban J connectivity index is 1.59. The van der Waals surface area contributed by atoms with Gasteiger partial charge in [0.05, 0.1) is 0 Å². The molecular formula is C55H61N2OsP+. The van der Waals surface area contributed by atoms with Crippen LogP contribution in [-0.2, 0) is 23.4 Å². The van der Waals surface area contributed by atoms with E-state index in [9.17, 15) is 0 Å². The molecule has 0 spiro atoms. The van der Waals surface area contributed by atoms with Crippen molar-refractivity contribution in [1.82, 2.24) is 9.80 Å². The molecule has 0 bridgehead atoms. The Bertz CT molecular complexity index is 2290. The van der Waals surface area contributed by atoms with Crippen molar-refractivity contribution >= 4 is 34.8 Å². The van der Waals surface area contributed by atoms with Crippen LogP contribution in [0.25, 0.3) is 22.8 Å². The van der Waals surface area contributed by atoms with Gasteiger partial charge in [0.25, 0.3) is 0 Å². The minimum atomic E-state index is -2.46. The Morgan fingerprint density at radius 1 is 0.661 bits per heavy atom. The van der Waals surface area contributed by atoms with Gasteiger partial charge in [0.2, 0.25) is 0 Å². The number of hydrogen-bond donors (Lipinski definition) is 0. The van der Waals surface area contributed by atoms with Crippen LogP contribution in [0.4, 0.5) is 0 Å². The normalized spacial score (nSPS) is 16.5. The van der Waals surface area contributed by atoms with E-state index in [1.54, 1.807) is 0 Å². The standard InChI is InChI=1S/C55H61N2P.Os/c1-8-22-43-31-33-50-51-34-32-46(41-54(51)55(53(50)39-43,35-20-37-56(4)5)36-21-38-57(6)7)52(40-45-24-19-23-44(45)9-2)42(3)58(47-25-13-10-14-26-47,48-27-15-11-16-28-48)49-29-17-12-18-30-49;/h8-18,22,25-34,39-41H,19-21,23-24,35-38H2,1-2,4-7H3;/q+1;/b22-8+,44-9?,45-40?,52-42?;. The molecule has 0 heterocycles. The molecule has 5 aromatic carbocycles. The van der Waals surface area contributed by atoms with Crippen molar-refractivity contribution in [1.29, 1.82) is 0 Å². The van der Waals surface area contributed by atoms with Crippen LogP contribution in [0.1, 0.15) is 81.0 Å². The van der Waals surface area contributed by atoms with E-state index in [-0.39, 0.29) is 5.41 Å². The summed E-state index contributed by atoms with van der Waals surface area (Å²) < 4.78 is 4.04. The molecule has 2 nitrogen and oxygen atoms in total. The van der Waals surface area contributed by atoms with E-state index < -0.39 is 7.26 Å². The number of fused-ring (bicyclic) bond motifs is 3. The van der Waals surface area contributed by atoms with Crippen LogP contribution in [0.15, 0.2) is 162 Å². The Labute approximate surface area is 365 Å². The van der Waals surface area contributed by atoms with Gasteiger partial charge < -0.3 is 0 Å². The molecule has 0 atom stereocenters. The van der Waals surface area contributed by atoms with Crippen molar-refractivity contribution in [3.63, 3.8) is 0 Å². The van der Waals surface area contributed by atoms with Gasteiger partial charge in [-0.15, -0.1) is 0 Å². The molecule has 303 valence electrons. The van der Waals surface area contributed by atoms with E-state index in [2.05, 4.69) is 208 Å². The summed E-state index contributed by atoms with van der Waals surface area (Å²) in [6.07, 6.45) is 17.3. The van der Waals surface area contributed by atoms with E-state index in [0.717, 1.165) is 51.6 Å². The first kappa shape index (κ1) is 42.9. The van der Waals surface area contributed by atoms with Gasteiger partial charge >= 0.3 is 361 Å². The zero-order valence-corrected chi connectivity index (χ0v) is 39.4. The van der Waals surface area contributed by atoms with Crippen molar-refractivity contribution in [2.45, 2.75) is 64.2 Å². The van der Waals surface area contributed by atoms with Crippen molar-refractivity contribution < 1.29 is 17.9 Å². The summed E-state index contributed by atoms with van der Waals surface area (Å²) in [5, 5.41) is 5.37. The van der Waals surface area contributed by atoms with Crippen LogP contribution in [0.3, 0.4) is 0 Å². The van der Waals surface area contributed by atoms with Gasteiger partial charge in [0, 0.05) is 0 Å². The van der Waals surface area contributed by atoms with Crippen molar-refractivity contribution in [3.05, 3.63) is 184 Å². The summed E-state index contributed by atoms with van der Waals surface area (Å²) in [5.74, 6) is 0. The average molecular weight is 971 g/mol. The second-order valence-electron chi connectivity index (χ2n) is 16.8. The van der Waals surface area contributed by atoms with Crippen molar-refractivity contribution in [2.24, 2.45) is 0 Å². The maximum absolute atomic E-state index is 4.04. The number of nitrogens with zero attached hydrogens (tertiary/aromatic N) is 2. The van der Waals surface area contributed by atoms with Gasteiger partial charge in [-0.1, -0.05) is 0 Å². The SMILES string of the molecule is CC=C1CCCC1=CC(=C([C]#[Os])[P+](c1ccccc1)(c1ccccc1)c1ccccc1)c1ccc2c(c1)C(CCCN(C)C)(CCCN(C)C)c1cc(/C=C/C)ccc1-2. The first-order chi connectivity index (χ1) is 28.8. The molecule has 0 aliphatic heterocycles. The molecule has 2 aliphatic rings. The third kappa shape index (κ3) is 8.71. The van der Waals surface area contributed by atoms with E-state index in [4.69, 9.17) is 0 Å². The van der Waals surface area contributed by atoms with Crippen LogP contribution in [0, 0.1) is 4.37 Å². The first-order valence-corrected chi connectivity index (χ1v) is 24.6. The molecule has 0 radical (unpaired) electrons. The molecule has 0 amide bonds. The fraction of sp³-hybridized carbons (Fsp3) is 0.291. The Morgan fingerprint density at radius 2 is 1.17 bits per heavy atom. The molecule has 1 fully saturated rings. The molecule has 0 unspecified atom stereocenters. The van der Waals surface area contributed by atoms with Crippen LogP contribution in [-0.4, -0.2) is 51.1 Å². The van der Waals surface area contributed by atoms with Crippen LogP contribution < -0.4 is 15.9 Å². The predicted molar refractivity (Wildman–Crippen MR) is 255 cm³/mol. The van der Waals surface area contributed by atoms with Gasteiger partial charge in [-0.2, -0.15) is 0 Å². The zero-order valence-electron chi connectivity index (χ0n) is 36.0. The van der Waals surface area contributed by atoms with E-state index in [0.29, 0.717) is 0 Å². The summed E-state index contributed by atoms with van der Waals surface area (Å²) in [6.45, 7) is 6.49. The fourth-order valence-electron chi connectivity index (χ4n) is 9.86. The topological polar surface area (TPSA) is 6.48 Å². The average Bonchev–Trinajstić information content (AvgIpc) is 3.82. The predicted octanol–water partition coefficient (Wildman–Crippen LogP) is 11.9. The molecular weight excluding hydrogens is 910 g/mol. The van der Waals surface area contributed by atoms with E-state index in [1.165, 1.54) is 77.7 Å². The third-order valence-corrected chi connectivity index (χ3v) is 17.9. The molecule has 59 heavy (non-hydrogen) atoms. The van der Waals surface area contributed by atoms with Crippen molar-refractivity contribution in [3.8, 4) is 15.5 Å². The van der Waals surface area contributed by atoms with Crippen LogP contribution in [0.5, 0.6) is 0 Å². The maximum atomic E-state index is 4.04. The second kappa shape index (κ2) is 19.5. The summed E-state index contributed by atoms with van der Waals surface area (Å²) in [5.41, 5.74) is 12.5. The number of rotatable bonds is 15. The Kier molecular flexibility index (Phi) is 14.2. The number of allylic oxidation sites excluding steroid dienone is 7. The van der Waals surface area contributed by atoms with E-state index >= 15 is 0 Å². The summed E-state index contributed by atoms with van der Waals surface area (Å²) in [4.78, 5) is 4.70. The quantitative estimate of drug-likeness (QED) is 0.0965. The zero-order chi connectivity index (χ0) is 41.4. The molecule has 2 aliphatic carbocycles. The van der Waals surface area contributed by atoms with Gasteiger partial charge in [0.1, 0.15) is 0 Å². The Hall–Kier alpha value is -4.17. The molecule has 0 N–H and O–H groups in total. The molecule has 0 saturated heterocycles. The molecule has 7 rings (SSSR count). The molecule has 5 aromatic rings. The van der Waals surface area contributed by atoms with Gasteiger partial charge in [0.15, 0.2) is 0 Å². The monoisotopic (exact) mass is 972 g/mol. The summed E-state index contributed by atoms with van der Waals surface area (Å²) in [6, 6.07) is 48.9. The first-order valence-electron chi connectivity index (χ1n) is 21.5. The van der Waals surface area contributed by atoms with Crippen molar-refractivity contribution in [2.75, 3.05) is 41.3 Å². The number of hydrogen-bond acceptors (Lipinski definition) is 2. The molecule has 1 saturated carbocycles. The van der Waals surface area contributed by atoms with E-state index in [1.807, 2.05) is 17.9 Å². The van der Waals surface area contributed by atoms with Gasteiger partial charge in [-0.3, -0.25) is 0 Å². The van der Waals surface area contributed by atoms with Gasteiger partial charge in [-0.25, -0.2) is 0 Å². The second-order valence-corrected chi connectivity index (χ2v) is 20.8. The fourth-order valence-corrected chi connectivity index (χ4v) is 15.7. The molecule has 0 aromatic heterocycles. The van der Waals surface area contributed by atoms with Crippen LogP contribution >= 0.6 is 7.26 Å². The third-order valence-electron chi connectivity index (χ3n) is 12.5.